The van der Waals surface area contributed by atoms with E-state index in [2.05, 4.69) is 19.8 Å². The van der Waals surface area contributed by atoms with Crippen molar-refractivity contribution in [3.05, 3.63) is 36.3 Å². The topological polar surface area (TPSA) is 82.5 Å². The second-order valence-electron chi connectivity index (χ2n) is 4.26. The lowest BCUT2D eigenvalue weighted by Crippen LogP contribution is -2.15. The van der Waals surface area contributed by atoms with Gasteiger partial charge >= 0.3 is 11.9 Å². The van der Waals surface area contributed by atoms with Crippen molar-refractivity contribution >= 4 is 28.7 Å². The summed E-state index contributed by atoms with van der Waals surface area (Å²) in [5.74, 6) is -1.31. The largest absolute Gasteiger partial charge is 0.466 e. The highest BCUT2D eigenvalue weighted by Gasteiger charge is 2.13. The molecule has 21 heavy (non-hydrogen) atoms. The Morgan fingerprint density at radius 2 is 2.05 bits per heavy atom. The number of benzene rings is 1. The van der Waals surface area contributed by atoms with E-state index < -0.39 is 11.9 Å². The summed E-state index contributed by atoms with van der Waals surface area (Å²) in [6, 6.07) is 5.38. The number of fused-ring (bicyclic) bond motifs is 1. The minimum Gasteiger partial charge on any atom is -0.466 e. The fraction of sp³-hybridized carbons (Fsp3) is 0.214. The van der Waals surface area contributed by atoms with Crippen molar-refractivity contribution in [2.24, 2.45) is 7.05 Å². The van der Waals surface area contributed by atoms with Crippen LogP contribution in [0.15, 0.2) is 36.3 Å². The lowest BCUT2D eigenvalue weighted by Gasteiger charge is -2.09. The minimum atomic E-state index is -0.662. The van der Waals surface area contributed by atoms with Gasteiger partial charge in [0.25, 0.3) is 0 Å². The smallest absolute Gasteiger partial charge is 0.354 e. The quantitative estimate of drug-likeness (QED) is 0.673. The molecule has 1 N–H and O–H groups in total. The van der Waals surface area contributed by atoms with Gasteiger partial charge in [-0.2, -0.15) is 0 Å². The Morgan fingerprint density at radius 3 is 2.71 bits per heavy atom. The summed E-state index contributed by atoms with van der Waals surface area (Å²) in [6.07, 6.45) is 2.74. The standard InChI is InChI=1S/C14H15N3O4/c1-17-8-15-10-5-4-9(6-12(10)17)16-11(14(19)21-3)7-13(18)20-2/h4-8,16H,1-3H3/b11-7+. The zero-order valence-electron chi connectivity index (χ0n) is 11.9. The van der Waals surface area contributed by atoms with Crippen LogP contribution in [0.1, 0.15) is 0 Å². The first-order valence-corrected chi connectivity index (χ1v) is 6.11. The first-order chi connectivity index (χ1) is 10.0. The molecule has 0 aliphatic rings. The molecule has 1 heterocycles. The summed E-state index contributed by atoms with van der Waals surface area (Å²) in [4.78, 5) is 27.2. The van der Waals surface area contributed by atoms with Gasteiger partial charge in [0.1, 0.15) is 5.70 Å². The summed E-state index contributed by atoms with van der Waals surface area (Å²) < 4.78 is 11.0. The zero-order valence-corrected chi connectivity index (χ0v) is 11.9. The number of nitrogens with one attached hydrogen (secondary N) is 1. The lowest BCUT2D eigenvalue weighted by atomic mass is 10.2. The maximum atomic E-state index is 11.7. The highest BCUT2D eigenvalue weighted by Crippen LogP contribution is 2.19. The number of anilines is 1. The van der Waals surface area contributed by atoms with Crippen molar-refractivity contribution in [3.63, 3.8) is 0 Å². The summed E-state index contributed by atoms with van der Waals surface area (Å²) >= 11 is 0. The molecule has 1 aromatic carbocycles. The number of aryl methyl sites for hydroxylation is 1. The predicted molar refractivity (Wildman–Crippen MR) is 76.5 cm³/mol. The molecular formula is C14H15N3O4. The molecule has 7 heteroatoms. The molecule has 0 bridgehead atoms. The summed E-state index contributed by atoms with van der Waals surface area (Å²) in [5.41, 5.74) is 2.35. The van der Waals surface area contributed by atoms with Crippen LogP contribution in [0.2, 0.25) is 0 Å². The van der Waals surface area contributed by atoms with Gasteiger partial charge in [-0.1, -0.05) is 0 Å². The SMILES string of the molecule is COC(=O)/C=C(/Nc1ccc2ncn(C)c2c1)C(=O)OC. The number of esters is 2. The second-order valence-corrected chi connectivity index (χ2v) is 4.26. The molecule has 0 fully saturated rings. The number of hydrogen-bond donors (Lipinski definition) is 1. The highest BCUT2D eigenvalue weighted by molar-refractivity contribution is 5.99. The fourth-order valence-corrected chi connectivity index (χ4v) is 1.79. The third kappa shape index (κ3) is 3.19. The van der Waals surface area contributed by atoms with Crippen LogP contribution in [-0.4, -0.2) is 35.7 Å². The van der Waals surface area contributed by atoms with E-state index >= 15 is 0 Å². The van der Waals surface area contributed by atoms with Crippen LogP contribution in [0.25, 0.3) is 11.0 Å². The van der Waals surface area contributed by atoms with Crippen molar-refractivity contribution in [2.45, 2.75) is 0 Å². The normalized spacial score (nSPS) is 11.3. The minimum absolute atomic E-state index is 0.00846. The Kier molecular flexibility index (Phi) is 4.22. The van der Waals surface area contributed by atoms with Gasteiger partial charge in [-0.3, -0.25) is 0 Å². The van der Waals surface area contributed by atoms with E-state index in [1.54, 1.807) is 12.4 Å². The molecule has 0 spiro atoms. The van der Waals surface area contributed by atoms with Crippen molar-refractivity contribution in [1.29, 1.82) is 0 Å². The van der Waals surface area contributed by atoms with Crippen LogP contribution < -0.4 is 5.32 Å². The van der Waals surface area contributed by atoms with Gasteiger partial charge in [0.15, 0.2) is 0 Å². The molecule has 0 aliphatic carbocycles. The summed E-state index contributed by atoms with van der Waals surface area (Å²) in [7, 11) is 4.33. The number of aromatic nitrogens is 2. The molecule has 7 nitrogen and oxygen atoms in total. The Labute approximate surface area is 121 Å². The van der Waals surface area contributed by atoms with Gasteiger partial charge in [-0.15, -0.1) is 0 Å². The van der Waals surface area contributed by atoms with Crippen molar-refractivity contribution in [2.75, 3.05) is 19.5 Å². The van der Waals surface area contributed by atoms with Gasteiger partial charge in [0.2, 0.25) is 0 Å². The molecule has 0 atom stereocenters. The number of nitrogens with zero attached hydrogens (tertiary/aromatic N) is 2. The van der Waals surface area contributed by atoms with Crippen molar-refractivity contribution in [3.8, 4) is 0 Å². The molecule has 2 aromatic rings. The van der Waals surface area contributed by atoms with E-state index in [9.17, 15) is 9.59 Å². The molecule has 0 amide bonds. The monoisotopic (exact) mass is 289 g/mol. The van der Waals surface area contributed by atoms with Crippen LogP contribution in [0, 0.1) is 0 Å². The van der Waals surface area contributed by atoms with E-state index in [0.29, 0.717) is 5.69 Å². The van der Waals surface area contributed by atoms with E-state index in [0.717, 1.165) is 17.1 Å². The summed E-state index contributed by atoms with van der Waals surface area (Å²) in [5, 5.41) is 2.85. The van der Waals surface area contributed by atoms with Crippen LogP contribution in [0.4, 0.5) is 5.69 Å². The average molecular weight is 289 g/mol. The second kappa shape index (κ2) is 6.08. The Balaban J connectivity index is 2.33. The predicted octanol–water partition coefficient (Wildman–Crippen LogP) is 1.22. The Bertz CT molecular complexity index is 718. The Hall–Kier alpha value is -2.83. The average Bonchev–Trinajstić information content (AvgIpc) is 2.86. The van der Waals surface area contributed by atoms with Crippen molar-refractivity contribution in [1.82, 2.24) is 9.55 Å². The summed E-state index contributed by atoms with van der Waals surface area (Å²) in [6.45, 7) is 0. The van der Waals surface area contributed by atoms with Gasteiger partial charge in [-0.25, -0.2) is 14.6 Å². The number of hydrogen-bond acceptors (Lipinski definition) is 6. The van der Waals surface area contributed by atoms with E-state index in [4.69, 9.17) is 0 Å². The van der Waals surface area contributed by atoms with Crippen LogP contribution in [0.3, 0.4) is 0 Å². The molecule has 0 unspecified atom stereocenters. The molecule has 1 aromatic heterocycles. The molecule has 0 saturated heterocycles. The molecular weight excluding hydrogens is 274 g/mol. The maximum Gasteiger partial charge on any atom is 0.354 e. The number of rotatable bonds is 4. The maximum absolute atomic E-state index is 11.7. The van der Waals surface area contributed by atoms with Crippen LogP contribution >= 0.6 is 0 Å². The van der Waals surface area contributed by atoms with Gasteiger partial charge in [-0.05, 0) is 18.2 Å². The number of ether oxygens (including phenoxy) is 2. The number of carbonyl (C=O) groups is 2. The van der Waals surface area contributed by atoms with Crippen LogP contribution in [0.5, 0.6) is 0 Å². The molecule has 2 rings (SSSR count). The Morgan fingerprint density at radius 1 is 1.29 bits per heavy atom. The zero-order chi connectivity index (χ0) is 15.4. The third-order valence-corrected chi connectivity index (χ3v) is 2.87. The first kappa shape index (κ1) is 14.6. The van der Waals surface area contributed by atoms with Gasteiger partial charge in [0.05, 0.1) is 37.7 Å². The van der Waals surface area contributed by atoms with E-state index in [1.165, 1.54) is 14.2 Å². The van der Waals surface area contributed by atoms with Gasteiger partial charge < -0.3 is 19.4 Å². The lowest BCUT2D eigenvalue weighted by molar-refractivity contribution is -0.138. The highest BCUT2D eigenvalue weighted by atomic mass is 16.5. The fourth-order valence-electron chi connectivity index (χ4n) is 1.79. The molecule has 0 aliphatic heterocycles. The van der Waals surface area contributed by atoms with Crippen LogP contribution in [-0.2, 0) is 26.1 Å². The number of carbonyl (C=O) groups excluding carboxylic acids is 2. The molecule has 0 saturated carbocycles. The number of imidazole rings is 1. The third-order valence-electron chi connectivity index (χ3n) is 2.87. The van der Waals surface area contributed by atoms with Crippen molar-refractivity contribution < 1.29 is 19.1 Å². The van der Waals surface area contributed by atoms with E-state index in [-0.39, 0.29) is 5.70 Å². The first-order valence-electron chi connectivity index (χ1n) is 6.11. The van der Waals surface area contributed by atoms with E-state index in [1.807, 2.05) is 23.7 Å². The van der Waals surface area contributed by atoms with Gasteiger partial charge in [0, 0.05) is 12.7 Å². The molecule has 110 valence electrons. The molecule has 0 radical (unpaired) electrons. The number of methoxy groups -OCH3 is 2.